The Balaban J connectivity index is 1.79. The Labute approximate surface area is 183 Å². The van der Waals surface area contributed by atoms with Crippen molar-refractivity contribution in [1.29, 1.82) is 0 Å². The van der Waals surface area contributed by atoms with E-state index in [9.17, 15) is 0 Å². The molecule has 0 aliphatic rings. The molecule has 0 amide bonds. The van der Waals surface area contributed by atoms with Gasteiger partial charge in [0.1, 0.15) is 0 Å². The minimum atomic E-state index is 0.168. The van der Waals surface area contributed by atoms with Crippen LogP contribution in [0, 0.1) is 0 Å². The maximum atomic E-state index is 5.96. The fourth-order valence-corrected chi connectivity index (χ4v) is 4.08. The summed E-state index contributed by atoms with van der Waals surface area (Å²) >= 11 is 0. The van der Waals surface area contributed by atoms with E-state index in [1.54, 1.807) is 0 Å². The summed E-state index contributed by atoms with van der Waals surface area (Å²) in [6.07, 6.45) is 0.877. The fraction of sp³-hybridized carbons (Fsp3) is 0.111. The first-order valence-electron chi connectivity index (χ1n) is 10.4. The van der Waals surface area contributed by atoms with Gasteiger partial charge in [-0.2, -0.15) is 0 Å². The average Bonchev–Trinajstić information content (AvgIpc) is 2.78. The van der Waals surface area contributed by atoms with E-state index in [1.165, 1.54) is 22.3 Å². The molecule has 156 valence electrons. The number of hydrogen-bond donors (Lipinski definition) is 4. The third kappa shape index (κ3) is 4.81. The SMILES string of the molecule is Nc1ccc(C(CC(c2ccc(N)cc2)c2ccc(N)cc2)c2ccc(N)cc2)cc1. The normalized spacial score (nSPS) is 11.2. The van der Waals surface area contributed by atoms with Gasteiger partial charge in [-0.05, 0) is 77.2 Å². The van der Waals surface area contributed by atoms with Crippen LogP contribution in [0.4, 0.5) is 22.7 Å². The first-order valence-corrected chi connectivity index (χ1v) is 10.4. The van der Waals surface area contributed by atoms with Gasteiger partial charge in [0.15, 0.2) is 0 Å². The van der Waals surface area contributed by atoms with Crippen molar-refractivity contribution < 1.29 is 0 Å². The summed E-state index contributed by atoms with van der Waals surface area (Å²) in [6.45, 7) is 0. The summed E-state index contributed by atoms with van der Waals surface area (Å²) in [5.41, 5.74) is 31.7. The van der Waals surface area contributed by atoms with Crippen LogP contribution in [0.5, 0.6) is 0 Å². The van der Waals surface area contributed by atoms with Crippen molar-refractivity contribution >= 4 is 22.7 Å². The number of rotatable bonds is 6. The highest BCUT2D eigenvalue weighted by Gasteiger charge is 2.23. The van der Waals surface area contributed by atoms with Gasteiger partial charge in [0.25, 0.3) is 0 Å². The van der Waals surface area contributed by atoms with Crippen LogP contribution in [-0.2, 0) is 0 Å². The van der Waals surface area contributed by atoms with Gasteiger partial charge in [0, 0.05) is 34.6 Å². The number of benzene rings is 4. The van der Waals surface area contributed by atoms with Gasteiger partial charge < -0.3 is 22.9 Å². The summed E-state index contributed by atoms with van der Waals surface area (Å²) < 4.78 is 0. The molecule has 0 aliphatic carbocycles. The van der Waals surface area contributed by atoms with Gasteiger partial charge >= 0.3 is 0 Å². The van der Waals surface area contributed by atoms with E-state index in [2.05, 4.69) is 48.5 Å². The van der Waals surface area contributed by atoms with Crippen LogP contribution < -0.4 is 22.9 Å². The molecule has 4 aromatic carbocycles. The van der Waals surface area contributed by atoms with Crippen molar-refractivity contribution in [3.05, 3.63) is 119 Å². The van der Waals surface area contributed by atoms with Gasteiger partial charge in [-0.3, -0.25) is 0 Å². The van der Waals surface area contributed by atoms with Gasteiger partial charge in [-0.1, -0.05) is 48.5 Å². The second kappa shape index (κ2) is 8.84. The predicted octanol–water partition coefficient (Wildman–Crippen LogP) is 5.37. The second-order valence-electron chi connectivity index (χ2n) is 8.01. The van der Waals surface area contributed by atoms with Crippen molar-refractivity contribution in [2.75, 3.05) is 22.9 Å². The molecule has 31 heavy (non-hydrogen) atoms. The third-order valence-electron chi connectivity index (χ3n) is 5.83. The molecule has 0 spiro atoms. The van der Waals surface area contributed by atoms with E-state index in [0.717, 1.165) is 29.2 Å². The number of anilines is 4. The summed E-state index contributed by atoms with van der Waals surface area (Å²) in [5, 5.41) is 0. The van der Waals surface area contributed by atoms with Crippen molar-refractivity contribution in [3.63, 3.8) is 0 Å². The first kappa shape index (κ1) is 20.4. The molecule has 0 heterocycles. The maximum absolute atomic E-state index is 5.96. The quantitative estimate of drug-likeness (QED) is 0.322. The lowest BCUT2D eigenvalue weighted by molar-refractivity contribution is 0.644. The van der Waals surface area contributed by atoms with E-state index in [4.69, 9.17) is 22.9 Å². The molecule has 4 aromatic rings. The zero-order valence-corrected chi connectivity index (χ0v) is 17.4. The van der Waals surface area contributed by atoms with Crippen LogP contribution in [0.15, 0.2) is 97.1 Å². The van der Waals surface area contributed by atoms with Crippen molar-refractivity contribution in [3.8, 4) is 0 Å². The molecule has 0 aromatic heterocycles. The molecule has 4 heteroatoms. The summed E-state index contributed by atoms with van der Waals surface area (Å²) in [7, 11) is 0. The zero-order chi connectivity index (χ0) is 21.8. The molecule has 0 radical (unpaired) electrons. The van der Waals surface area contributed by atoms with Crippen molar-refractivity contribution in [2.45, 2.75) is 18.3 Å². The van der Waals surface area contributed by atoms with Gasteiger partial charge in [0.05, 0.1) is 0 Å². The minimum Gasteiger partial charge on any atom is -0.399 e. The molecular formula is C27H28N4. The molecule has 0 aliphatic heterocycles. The Morgan fingerprint density at radius 1 is 0.355 bits per heavy atom. The number of hydrogen-bond acceptors (Lipinski definition) is 4. The summed E-state index contributed by atoms with van der Waals surface area (Å²) in [4.78, 5) is 0. The van der Waals surface area contributed by atoms with Crippen LogP contribution in [0.3, 0.4) is 0 Å². The van der Waals surface area contributed by atoms with Crippen LogP contribution in [0.2, 0.25) is 0 Å². The molecule has 4 rings (SSSR count). The maximum Gasteiger partial charge on any atom is 0.0314 e. The van der Waals surface area contributed by atoms with Crippen LogP contribution >= 0.6 is 0 Å². The lowest BCUT2D eigenvalue weighted by Gasteiger charge is -2.26. The monoisotopic (exact) mass is 408 g/mol. The number of nitrogens with two attached hydrogens (primary N) is 4. The fourth-order valence-electron chi connectivity index (χ4n) is 4.08. The van der Waals surface area contributed by atoms with E-state index < -0.39 is 0 Å². The molecule has 0 saturated carbocycles. The van der Waals surface area contributed by atoms with Gasteiger partial charge in [-0.15, -0.1) is 0 Å². The average molecular weight is 409 g/mol. The molecule has 0 unspecified atom stereocenters. The smallest absolute Gasteiger partial charge is 0.0314 e. The summed E-state index contributed by atoms with van der Waals surface area (Å²) in [5.74, 6) is 0.336. The van der Waals surface area contributed by atoms with E-state index in [1.807, 2.05) is 48.5 Å². The Hall–Kier alpha value is -3.92. The highest BCUT2D eigenvalue weighted by molar-refractivity contribution is 5.49. The minimum absolute atomic E-state index is 0.168. The van der Waals surface area contributed by atoms with Crippen LogP contribution in [-0.4, -0.2) is 0 Å². The molecule has 0 bridgehead atoms. The molecule has 0 atom stereocenters. The lowest BCUT2D eigenvalue weighted by Crippen LogP contribution is -2.10. The molecule has 0 saturated heterocycles. The summed E-state index contributed by atoms with van der Waals surface area (Å²) in [6, 6.07) is 32.6. The van der Waals surface area contributed by atoms with E-state index in [-0.39, 0.29) is 11.8 Å². The van der Waals surface area contributed by atoms with Gasteiger partial charge in [0.2, 0.25) is 0 Å². The van der Waals surface area contributed by atoms with Crippen LogP contribution in [0.25, 0.3) is 0 Å². The highest BCUT2D eigenvalue weighted by atomic mass is 14.6. The van der Waals surface area contributed by atoms with Crippen molar-refractivity contribution in [1.82, 2.24) is 0 Å². The standard InChI is InChI=1S/C27H28N4/c28-22-9-1-18(2-10-22)26(19-3-11-23(29)12-4-19)17-27(20-5-13-24(30)14-6-20)21-7-15-25(31)16-8-21/h1-16,26-27H,17,28-31H2. The van der Waals surface area contributed by atoms with E-state index in [0.29, 0.717) is 0 Å². The molecular weight excluding hydrogens is 380 g/mol. The molecule has 4 nitrogen and oxygen atoms in total. The Bertz CT molecular complexity index is 932. The Kier molecular flexibility index (Phi) is 5.80. The lowest BCUT2D eigenvalue weighted by atomic mass is 9.78. The first-order chi connectivity index (χ1) is 15.0. The van der Waals surface area contributed by atoms with Crippen LogP contribution in [0.1, 0.15) is 40.5 Å². The third-order valence-corrected chi connectivity index (χ3v) is 5.83. The predicted molar refractivity (Wildman–Crippen MR) is 132 cm³/mol. The molecule has 0 fully saturated rings. The topological polar surface area (TPSA) is 104 Å². The zero-order valence-electron chi connectivity index (χ0n) is 17.4. The molecule has 8 N–H and O–H groups in total. The van der Waals surface area contributed by atoms with E-state index >= 15 is 0 Å². The Morgan fingerprint density at radius 2 is 0.548 bits per heavy atom. The Morgan fingerprint density at radius 3 is 0.742 bits per heavy atom. The second-order valence-corrected chi connectivity index (χ2v) is 8.01. The van der Waals surface area contributed by atoms with Crippen molar-refractivity contribution in [2.24, 2.45) is 0 Å². The number of nitrogen functional groups attached to an aromatic ring is 4. The highest BCUT2D eigenvalue weighted by Crippen LogP contribution is 2.39. The largest absolute Gasteiger partial charge is 0.399 e. The van der Waals surface area contributed by atoms with Gasteiger partial charge in [-0.25, -0.2) is 0 Å².